The predicted octanol–water partition coefficient (Wildman–Crippen LogP) is 3.07. The Labute approximate surface area is 142 Å². The van der Waals surface area contributed by atoms with E-state index in [0.29, 0.717) is 24.9 Å². The first kappa shape index (κ1) is 18.0. The Bertz CT molecular complexity index is 702. The van der Waals surface area contributed by atoms with Crippen molar-refractivity contribution in [1.29, 1.82) is 0 Å². The third kappa shape index (κ3) is 4.57. The molecule has 0 radical (unpaired) electrons. The van der Waals surface area contributed by atoms with E-state index in [2.05, 4.69) is 34.5 Å². The normalized spacial score (nSPS) is 12.3. The lowest BCUT2D eigenvalue weighted by Crippen LogP contribution is -2.43. The van der Waals surface area contributed by atoms with Crippen molar-refractivity contribution >= 4 is 5.96 Å². The number of nitrogens with zero attached hydrogens (tertiary/aromatic N) is 2. The van der Waals surface area contributed by atoms with Crippen LogP contribution in [-0.2, 0) is 12.0 Å². The summed E-state index contributed by atoms with van der Waals surface area (Å²) in [6.45, 7) is 8.98. The number of nitrogens with one attached hydrogen (secondary N) is 2. The summed E-state index contributed by atoms with van der Waals surface area (Å²) in [6, 6.07) is 6.68. The van der Waals surface area contributed by atoms with Crippen molar-refractivity contribution in [1.82, 2.24) is 15.6 Å². The van der Waals surface area contributed by atoms with Crippen LogP contribution in [0.5, 0.6) is 0 Å². The Morgan fingerprint density at radius 3 is 2.62 bits per heavy atom. The van der Waals surface area contributed by atoms with Crippen LogP contribution in [0.25, 0.3) is 0 Å². The number of aliphatic imine (C=N–C) groups is 1. The third-order valence-electron chi connectivity index (χ3n) is 4.01. The number of halogens is 1. The Morgan fingerprint density at radius 1 is 1.29 bits per heavy atom. The molecule has 2 aromatic rings. The molecule has 1 aromatic carbocycles. The number of hydrogen-bond acceptors (Lipinski definition) is 3. The maximum atomic E-state index is 13.4. The van der Waals surface area contributed by atoms with E-state index in [-0.39, 0.29) is 11.2 Å². The quantitative estimate of drug-likeness (QED) is 0.652. The molecule has 0 saturated heterocycles. The van der Waals surface area contributed by atoms with Gasteiger partial charge in [-0.3, -0.25) is 4.99 Å². The number of rotatable bonds is 5. The van der Waals surface area contributed by atoms with Gasteiger partial charge in [0.2, 0.25) is 5.89 Å². The average Bonchev–Trinajstić information content (AvgIpc) is 2.86. The number of aromatic nitrogens is 1. The minimum Gasteiger partial charge on any atom is -0.444 e. The minimum absolute atomic E-state index is 0.224. The first-order valence-corrected chi connectivity index (χ1v) is 7.95. The van der Waals surface area contributed by atoms with Crippen molar-refractivity contribution < 1.29 is 8.81 Å². The van der Waals surface area contributed by atoms with Crippen LogP contribution in [0, 0.1) is 19.7 Å². The van der Waals surface area contributed by atoms with E-state index < -0.39 is 0 Å². The summed E-state index contributed by atoms with van der Waals surface area (Å²) in [4.78, 5) is 8.53. The van der Waals surface area contributed by atoms with Gasteiger partial charge < -0.3 is 15.1 Å². The van der Waals surface area contributed by atoms with Crippen molar-refractivity contribution in [2.24, 2.45) is 4.99 Å². The number of hydrogen-bond donors (Lipinski definition) is 2. The average molecular weight is 332 g/mol. The Hall–Kier alpha value is -2.37. The van der Waals surface area contributed by atoms with Gasteiger partial charge in [0.05, 0.1) is 12.2 Å². The SMILES string of the molecule is CN=C(NCc1nc(C)c(C)o1)NCC(C)(C)c1cccc(F)c1. The van der Waals surface area contributed by atoms with E-state index >= 15 is 0 Å². The summed E-state index contributed by atoms with van der Waals surface area (Å²) in [6.07, 6.45) is 0. The van der Waals surface area contributed by atoms with E-state index in [0.717, 1.165) is 17.0 Å². The molecule has 2 N–H and O–H groups in total. The zero-order valence-corrected chi connectivity index (χ0v) is 14.9. The fraction of sp³-hybridized carbons (Fsp3) is 0.444. The molecule has 6 heteroatoms. The third-order valence-corrected chi connectivity index (χ3v) is 4.01. The van der Waals surface area contributed by atoms with Gasteiger partial charge in [0.1, 0.15) is 11.6 Å². The molecule has 0 fully saturated rings. The number of benzene rings is 1. The van der Waals surface area contributed by atoms with Gasteiger partial charge in [-0.2, -0.15) is 0 Å². The fourth-order valence-corrected chi connectivity index (χ4v) is 2.31. The highest BCUT2D eigenvalue weighted by atomic mass is 19.1. The van der Waals surface area contributed by atoms with E-state index in [1.807, 2.05) is 19.9 Å². The van der Waals surface area contributed by atoms with Crippen LogP contribution in [0.3, 0.4) is 0 Å². The zero-order valence-electron chi connectivity index (χ0n) is 14.9. The van der Waals surface area contributed by atoms with Gasteiger partial charge in [-0.1, -0.05) is 26.0 Å². The Morgan fingerprint density at radius 2 is 2.04 bits per heavy atom. The van der Waals surface area contributed by atoms with Crippen molar-refractivity contribution in [3.05, 3.63) is 53.0 Å². The van der Waals surface area contributed by atoms with Crippen molar-refractivity contribution in [2.75, 3.05) is 13.6 Å². The van der Waals surface area contributed by atoms with Crippen LogP contribution >= 0.6 is 0 Å². The molecule has 0 aliphatic rings. The maximum Gasteiger partial charge on any atom is 0.214 e. The lowest BCUT2D eigenvalue weighted by molar-refractivity contribution is 0.461. The second-order valence-electron chi connectivity index (χ2n) is 6.42. The number of guanidine groups is 1. The molecular weight excluding hydrogens is 307 g/mol. The van der Waals surface area contributed by atoms with Crippen molar-refractivity contribution in [2.45, 2.75) is 39.7 Å². The molecule has 24 heavy (non-hydrogen) atoms. The highest BCUT2D eigenvalue weighted by molar-refractivity contribution is 5.79. The van der Waals surface area contributed by atoms with E-state index in [9.17, 15) is 4.39 Å². The summed E-state index contributed by atoms with van der Waals surface area (Å²) in [5.74, 6) is 1.87. The number of aryl methyl sites for hydroxylation is 2. The van der Waals surface area contributed by atoms with Gasteiger partial charge in [-0.25, -0.2) is 9.37 Å². The van der Waals surface area contributed by atoms with Gasteiger partial charge in [-0.05, 0) is 31.5 Å². The highest BCUT2D eigenvalue weighted by Gasteiger charge is 2.21. The van der Waals surface area contributed by atoms with Crippen LogP contribution in [0.1, 0.15) is 36.8 Å². The van der Waals surface area contributed by atoms with Gasteiger partial charge >= 0.3 is 0 Å². The molecule has 0 amide bonds. The second-order valence-corrected chi connectivity index (χ2v) is 6.42. The summed E-state index contributed by atoms with van der Waals surface area (Å²) in [5, 5.41) is 6.44. The first-order valence-electron chi connectivity index (χ1n) is 7.95. The molecule has 5 nitrogen and oxygen atoms in total. The van der Waals surface area contributed by atoms with Crippen LogP contribution in [-0.4, -0.2) is 24.5 Å². The molecule has 0 spiro atoms. The maximum absolute atomic E-state index is 13.4. The van der Waals surface area contributed by atoms with Crippen molar-refractivity contribution in [3.63, 3.8) is 0 Å². The minimum atomic E-state index is -0.240. The molecule has 130 valence electrons. The summed E-state index contributed by atoms with van der Waals surface area (Å²) in [5.41, 5.74) is 1.59. The highest BCUT2D eigenvalue weighted by Crippen LogP contribution is 2.22. The van der Waals surface area contributed by atoms with Gasteiger partial charge in [-0.15, -0.1) is 0 Å². The molecule has 2 rings (SSSR count). The van der Waals surface area contributed by atoms with E-state index in [4.69, 9.17) is 4.42 Å². The monoisotopic (exact) mass is 332 g/mol. The molecule has 0 atom stereocenters. The van der Waals surface area contributed by atoms with E-state index in [1.54, 1.807) is 19.2 Å². The van der Waals surface area contributed by atoms with Crippen LogP contribution < -0.4 is 10.6 Å². The number of oxazole rings is 1. The molecule has 0 bridgehead atoms. The lowest BCUT2D eigenvalue weighted by atomic mass is 9.84. The summed E-state index contributed by atoms with van der Waals surface area (Å²) < 4.78 is 19.0. The zero-order chi connectivity index (χ0) is 17.7. The summed E-state index contributed by atoms with van der Waals surface area (Å²) >= 11 is 0. The van der Waals surface area contributed by atoms with Gasteiger partial charge in [0.25, 0.3) is 0 Å². The summed E-state index contributed by atoms with van der Waals surface area (Å²) in [7, 11) is 1.70. The second kappa shape index (κ2) is 7.47. The molecular formula is C18H25FN4O. The van der Waals surface area contributed by atoms with Gasteiger partial charge in [0, 0.05) is 19.0 Å². The van der Waals surface area contributed by atoms with Crippen LogP contribution in [0.15, 0.2) is 33.7 Å². The molecule has 0 unspecified atom stereocenters. The van der Waals surface area contributed by atoms with Gasteiger partial charge in [0.15, 0.2) is 5.96 Å². The predicted molar refractivity (Wildman–Crippen MR) is 93.6 cm³/mol. The molecule has 0 aliphatic heterocycles. The largest absolute Gasteiger partial charge is 0.444 e. The van der Waals surface area contributed by atoms with Crippen molar-refractivity contribution in [3.8, 4) is 0 Å². The Balaban J connectivity index is 1.93. The molecule has 0 aliphatic carbocycles. The lowest BCUT2D eigenvalue weighted by Gasteiger charge is -2.26. The molecule has 1 aromatic heterocycles. The first-order chi connectivity index (χ1) is 11.3. The topological polar surface area (TPSA) is 62.5 Å². The Kier molecular flexibility index (Phi) is 5.59. The van der Waals surface area contributed by atoms with Crippen LogP contribution in [0.4, 0.5) is 4.39 Å². The van der Waals surface area contributed by atoms with Crippen LogP contribution in [0.2, 0.25) is 0 Å². The smallest absolute Gasteiger partial charge is 0.214 e. The standard InChI is InChI=1S/C18H25FN4O/c1-12-13(2)24-16(23-12)10-21-17(20-5)22-11-18(3,4)14-7-6-8-15(19)9-14/h6-9H,10-11H2,1-5H3,(H2,20,21,22). The van der Waals surface area contributed by atoms with E-state index in [1.165, 1.54) is 6.07 Å². The molecule has 0 saturated carbocycles. The fourth-order valence-electron chi connectivity index (χ4n) is 2.31. The molecule has 1 heterocycles.